The van der Waals surface area contributed by atoms with Crippen LogP contribution in [0, 0.1) is 5.82 Å². The van der Waals surface area contributed by atoms with E-state index >= 15 is 0 Å². The van der Waals surface area contributed by atoms with E-state index in [0.29, 0.717) is 54.7 Å². The molecule has 176 valence electrons. The monoisotopic (exact) mass is 497 g/mol. The molecule has 3 aromatic rings. The van der Waals surface area contributed by atoms with E-state index in [-0.39, 0.29) is 23.2 Å². The van der Waals surface area contributed by atoms with E-state index in [4.69, 9.17) is 16.3 Å². The lowest BCUT2D eigenvalue weighted by atomic mass is 10.2. The van der Waals surface area contributed by atoms with Gasteiger partial charge < -0.3 is 15.0 Å². The number of benzene rings is 1. The molecule has 11 nitrogen and oxygen atoms in total. The Morgan fingerprint density at radius 2 is 2.12 bits per heavy atom. The summed E-state index contributed by atoms with van der Waals surface area (Å²) in [6.45, 7) is 1.59. The molecule has 0 atom stereocenters. The second-order valence-corrected chi connectivity index (χ2v) is 9.56. The number of aromatic amines is 1. The SMILES string of the molecule is O=S(=O)(CCNc1nc2nccc(C(=Nc3ccc(F)c(Cl)c3)NO)c2[nH]1)N1CCOCC1. The van der Waals surface area contributed by atoms with Gasteiger partial charge >= 0.3 is 0 Å². The van der Waals surface area contributed by atoms with E-state index in [0.717, 1.165) is 0 Å². The minimum absolute atomic E-state index is 0.0511. The van der Waals surface area contributed by atoms with Crippen LogP contribution in [0.4, 0.5) is 16.0 Å². The Bertz CT molecular complexity index is 1280. The molecule has 1 aromatic carbocycles. The van der Waals surface area contributed by atoms with Gasteiger partial charge in [0.1, 0.15) is 5.82 Å². The summed E-state index contributed by atoms with van der Waals surface area (Å²) in [7, 11) is -3.42. The fourth-order valence-corrected chi connectivity index (χ4v) is 4.77. The normalized spacial score (nSPS) is 15.7. The van der Waals surface area contributed by atoms with Crippen LogP contribution in [0.25, 0.3) is 11.2 Å². The molecular formula is C19H21ClFN7O4S. The largest absolute Gasteiger partial charge is 0.379 e. The van der Waals surface area contributed by atoms with Gasteiger partial charge in [-0.2, -0.15) is 9.29 Å². The van der Waals surface area contributed by atoms with Gasteiger partial charge in [-0.1, -0.05) is 11.6 Å². The fraction of sp³-hybridized carbons (Fsp3) is 0.316. The number of rotatable bonds is 7. The molecule has 0 aliphatic carbocycles. The van der Waals surface area contributed by atoms with Gasteiger partial charge in [0.05, 0.1) is 35.2 Å². The van der Waals surface area contributed by atoms with Crippen LogP contribution in [0.3, 0.4) is 0 Å². The molecule has 0 radical (unpaired) electrons. The summed E-state index contributed by atoms with van der Waals surface area (Å²) in [4.78, 5) is 15.8. The smallest absolute Gasteiger partial charge is 0.215 e. The van der Waals surface area contributed by atoms with Crippen molar-refractivity contribution in [2.24, 2.45) is 4.99 Å². The molecule has 14 heteroatoms. The van der Waals surface area contributed by atoms with Gasteiger partial charge in [-0.15, -0.1) is 0 Å². The summed E-state index contributed by atoms with van der Waals surface area (Å²) in [6, 6.07) is 5.50. The van der Waals surface area contributed by atoms with Crippen LogP contribution in [0.2, 0.25) is 5.02 Å². The molecule has 33 heavy (non-hydrogen) atoms. The summed E-state index contributed by atoms with van der Waals surface area (Å²) in [6.07, 6.45) is 1.48. The Hall–Kier alpha value is -2.84. The number of aromatic nitrogens is 3. The highest BCUT2D eigenvalue weighted by Crippen LogP contribution is 2.23. The molecule has 0 saturated carbocycles. The Balaban J connectivity index is 1.52. The maximum atomic E-state index is 13.4. The van der Waals surface area contributed by atoms with E-state index in [1.165, 1.54) is 28.7 Å². The maximum absolute atomic E-state index is 13.4. The highest BCUT2D eigenvalue weighted by molar-refractivity contribution is 7.89. The number of fused-ring (bicyclic) bond motifs is 1. The minimum atomic E-state index is -3.42. The van der Waals surface area contributed by atoms with E-state index in [1.807, 2.05) is 5.48 Å². The highest BCUT2D eigenvalue weighted by atomic mass is 35.5. The van der Waals surface area contributed by atoms with Crippen LogP contribution < -0.4 is 10.8 Å². The number of H-pyrrole nitrogens is 1. The first-order valence-corrected chi connectivity index (χ1v) is 11.9. The van der Waals surface area contributed by atoms with Gasteiger partial charge in [0.25, 0.3) is 0 Å². The van der Waals surface area contributed by atoms with Crippen molar-refractivity contribution in [1.29, 1.82) is 0 Å². The zero-order chi connectivity index (χ0) is 23.4. The Morgan fingerprint density at radius 3 is 2.85 bits per heavy atom. The number of imidazole rings is 1. The second kappa shape index (κ2) is 9.97. The average Bonchev–Trinajstić information content (AvgIpc) is 3.23. The van der Waals surface area contributed by atoms with Gasteiger partial charge in [-0.25, -0.2) is 22.8 Å². The number of pyridine rings is 1. The number of anilines is 1. The van der Waals surface area contributed by atoms with Crippen molar-refractivity contribution in [3.63, 3.8) is 0 Å². The molecule has 1 saturated heterocycles. The third kappa shape index (κ3) is 5.39. The lowest BCUT2D eigenvalue weighted by molar-refractivity contribution is 0.0731. The Labute approximate surface area is 193 Å². The summed E-state index contributed by atoms with van der Waals surface area (Å²) in [5, 5.41) is 12.5. The van der Waals surface area contributed by atoms with Gasteiger partial charge in [-0.05, 0) is 24.3 Å². The van der Waals surface area contributed by atoms with Crippen LogP contribution in [0.1, 0.15) is 5.56 Å². The lowest BCUT2D eigenvalue weighted by Crippen LogP contribution is -2.42. The van der Waals surface area contributed by atoms with Crippen molar-refractivity contribution in [2.75, 3.05) is 43.9 Å². The number of sulfonamides is 1. The summed E-state index contributed by atoms with van der Waals surface area (Å²) in [5.41, 5.74) is 3.55. The summed E-state index contributed by atoms with van der Waals surface area (Å²) < 4.78 is 44.9. The summed E-state index contributed by atoms with van der Waals surface area (Å²) >= 11 is 5.80. The first-order chi connectivity index (χ1) is 15.9. The predicted molar refractivity (Wildman–Crippen MR) is 121 cm³/mol. The van der Waals surface area contributed by atoms with Gasteiger partial charge in [0, 0.05) is 31.4 Å². The van der Waals surface area contributed by atoms with Gasteiger partial charge in [-0.3, -0.25) is 10.7 Å². The van der Waals surface area contributed by atoms with Crippen LogP contribution in [0.5, 0.6) is 0 Å². The van der Waals surface area contributed by atoms with E-state index < -0.39 is 15.8 Å². The molecule has 1 aliphatic rings. The maximum Gasteiger partial charge on any atom is 0.215 e. The van der Waals surface area contributed by atoms with Gasteiger partial charge in [0.2, 0.25) is 16.0 Å². The van der Waals surface area contributed by atoms with Crippen molar-refractivity contribution >= 4 is 50.3 Å². The van der Waals surface area contributed by atoms with Crippen molar-refractivity contribution in [2.45, 2.75) is 0 Å². The molecule has 0 unspecified atom stereocenters. The molecule has 0 spiro atoms. The quantitative estimate of drug-likeness (QED) is 0.220. The molecule has 0 amide bonds. The molecule has 1 aliphatic heterocycles. The number of halogens is 2. The van der Waals surface area contributed by atoms with Crippen LogP contribution in [-0.4, -0.2) is 77.3 Å². The average molecular weight is 498 g/mol. The zero-order valence-corrected chi connectivity index (χ0v) is 18.8. The number of hydrogen-bond acceptors (Lipinski definition) is 8. The molecule has 1 fully saturated rings. The Kier molecular flexibility index (Phi) is 7.05. The van der Waals surface area contributed by atoms with Crippen LogP contribution in [-0.2, 0) is 14.8 Å². The second-order valence-electron chi connectivity index (χ2n) is 7.07. The van der Waals surface area contributed by atoms with Crippen molar-refractivity contribution in [1.82, 2.24) is 24.7 Å². The molecule has 2 aromatic heterocycles. The minimum Gasteiger partial charge on any atom is -0.379 e. The topological polar surface area (TPSA) is 145 Å². The number of hydroxylamine groups is 1. The molecular weight excluding hydrogens is 477 g/mol. The van der Waals surface area contributed by atoms with E-state index in [2.05, 4.69) is 25.3 Å². The number of amidine groups is 1. The number of aliphatic imine (C=N–C) groups is 1. The molecule has 0 bridgehead atoms. The lowest BCUT2D eigenvalue weighted by Gasteiger charge is -2.25. The van der Waals surface area contributed by atoms with Crippen LogP contribution in [0.15, 0.2) is 35.5 Å². The van der Waals surface area contributed by atoms with Crippen molar-refractivity contribution in [3.05, 3.63) is 46.9 Å². The van der Waals surface area contributed by atoms with E-state index in [1.54, 1.807) is 6.07 Å². The Morgan fingerprint density at radius 1 is 1.33 bits per heavy atom. The first-order valence-electron chi connectivity index (χ1n) is 9.96. The number of morpholine rings is 1. The van der Waals surface area contributed by atoms with E-state index in [9.17, 15) is 18.0 Å². The number of ether oxygens (including phenoxy) is 1. The fourth-order valence-electron chi connectivity index (χ4n) is 3.27. The number of hydrogen-bond donors (Lipinski definition) is 4. The molecule has 3 heterocycles. The third-order valence-corrected chi connectivity index (χ3v) is 7.07. The highest BCUT2D eigenvalue weighted by Gasteiger charge is 2.24. The van der Waals surface area contributed by atoms with Crippen LogP contribution >= 0.6 is 11.6 Å². The predicted octanol–water partition coefficient (Wildman–Crippen LogP) is 1.88. The van der Waals surface area contributed by atoms with Crippen molar-refractivity contribution in [3.8, 4) is 0 Å². The first kappa shape index (κ1) is 23.3. The number of nitrogens with zero attached hydrogens (tertiary/aromatic N) is 4. The number of nitrogens with one attached hydrogen (secondary N) is 3. The third-order valence-electron chi connectivity index (χ3n) is 4.91. The van der Waals surface area contributed by atoms with Crippen molar-refractivity contribution < 1.29 is 22.8 Å². The molecule has 4 rings (SSSR count). The zero-order valence-electron chi connectivity index (χ0n) is 17.3. The van der Waals surface area contributed by atoms with Gasteiger partial charge in [0.15, 0.2) is 11.5 Å². The molecule has 4 N–H and O–H groups in total. The standard InChI is InChI=1S/C19H21ClFN7O4S/c20-14-11-12(1-2-15(14)21)24-17(27-29)13-3-4-22-18-16(13)25-19(26-18)23-5-10-33(30,31)28-6-8-32-9-7-28/h1-4,11,29H,5-10H2,(H,24,27)(H2,22,23,25,26). The summed E-state index contributed by atoms with van der Waals surface area (Å²) in [5.74, 6) is -0.333.